The molecule has 0 bridgehead atoms. The van der Waals surface area contributed by atoms with Crippen LogP contribution in [0.15, 0.2) is 58.7 Å². The number of rotatable bonds is 4. The molecule has 1 saturated heterocycles. The van der Waals surface area contributed by atoms with Crippen molar-refractivity contribution in [3.8, 4) is 11.5 Å². The number of fused-ring (bicyclic) bond motifs is 2. The van der Waals surface area contributed by atoms with Crippen LogP contribution < -0.4 is 9.47 Å². The van der Waals surface area contributed by atoms with Crippen LogP contribution in [0.3, 0.4) is 0 Å². The summed E-state index contributed by atoms with van der Waals surface area (Å²) >= 11 is 9.99. The van der Waals surface area contributed by atoms with Crippen LogP contribution in [0.25, 0.3) is 5.57 Å². The number of likely N-dealkylation sites (tertiary alicyclic amines) is 1. The number of hydrogen-bond donors (Lipinski definition) is 0. The van der Waals surface area contributed by atoms with E-state index >= 15 is 0 Å². The Kier molecular flexibility index (Phi) is 6.96. The van der Waals surface area contributed by atoms with Gasteiger partial charge in [0.2, 0.25) is 0 Å². The summed E-state index contributed by atoms with van der Waals surface area (Å²) in [6, 6.07) is 14.6. The summed E-state index contributed by atoms with van der Waals surface area (Å²) in [7, 11) is 3.40. The number of methoxy groups -OCH3 is 2. The van der Waals surface area contributed by atoms with Crippen LogP contribution in [0.1, 0.15) is 40.8 Å². The van der Waals surface area contributed by atoms with Gasteiger partial charge in [-0.1, -0.05) is 29.3 Å². The molecule has 3 aromatic rings. The molecule has 2 heterocycles. The second-order valence-electron chi connectivity index (χ2n) is 8.90. The Morgan fingerprint density at radius 1 is 0.941 bits per heavy atom. The fraction of sp³-hybridized carbons (Fsp3) is 0.321. The average Bonchev–Trinajstić information content (AvgIpc) is 3.01. The molecule has 0 radical (unpaired) electrons. The van der Waals surface area contributed by atoms with Gasteiger partial charge in [-0.3, -0.25) is 9.88 Å². The Hall–Kier alpha value is -2.34. The zero-order valence-electron chi connectivity index (χ0n) is 19.5. The van der Waals surface area contributed by atoms with Crippen LogP contribution in [-0.4, -0.2) is 37.2 Å². The molecule has 0 unspecified atom stereocenters. The minimum absolute atomic E-state index is 0.798. The number of ether oxygens (including phenoxy) is 2. The van der Waals surface area contributed by atoms with Gasteiger partial charge in [-0.2, -0.15) is 0 Å². The van der Waals surface area contributed by atoms with E-state index in [2.05, 4.69) is 45.1 Å². The molecule has 4 nitrogen and oxygen atoms in total. The van der Waals surface area contributed by atoms with Crippen molar-refractivity contribution >= 4 is 33.1 Å². The molecule has 1 aromatic heterocycles. The first-order valence-electron chi connectivity index (χ1n) is 11.6. The molecule has 0 spiro atoms. The first kappa shape index (κ1) is 23.4. The van der Waals surface area contributed by atoms with Crippen molar-refractivity contribution in [1.82, 2.24) is 9.88 Å². The van der Waals surface area contributed by atoms with E-state index in [-0.39, 0.29) is 0 Å². The topological polar surface area (TPSA) is 34.6 Å². The highest BCUT2D eigenvalue weighted by molar-refractivity contribution is 9.10. The predicted molar refractivity (Wildman–Crippen MR) is 141 cm³/mol. The standard InChI is InChI=1S/C28H28BrClN2O2/c1-33-24-7-5-21(26(15-24)34-2)17-32-11-9-18(10-12-32)27-25-8-6-23(30)14-19(25)3-4-20-13-22(29)16-31-28(20)27/h5-8,13-16H,3-4,9-12,17H2,1-2H3. The lowest BCUT2D eigenvalue weighted by molar-refractivity contribution is 0.244. The third-order valence-corrected chi connectivity index (χ3v) is 7.54. The Balaban J connectivity index is 1.45. The van der Waals surface area contributed by atoms with Crippen LogP contribution >= 0.6 is 27.5 Å². The number of benzene rings is 2. The molecule has 0 atom stereocenters. The Morgan fingerprint density at radius 2 is 1.74 bits per heavy atom. The zero-order valence-corrected chi connectivity index (χ0v) is 21.9. The minimum atomic E-state index is 0.798. The number of halogens is 2. The smallest absolute Gasteiger partial charge is 0.127 e. The van der Waals surface area contributed by atoms with Crippen molar-refractivity contribution in [2.75, 3.05) is 27.3 Å². The van der Waals surface area contributed by atoms with E-state index in [9.17, 15) is 0 Å². The second kappa shape index (κ2) is 10.1. The summed E-state index contributed by atoms with van der Waals surface area (Å²) in [5, 5.41) is 0.798. The minimum Gasteiger partial charge on any atom is -0.497 e. The van der Waals surface area contributed by atoms with Crippen molar-refractivity contribution in [2.45, 2.75) is 32.2 Å². The first-order valence-corrected chi connectivity index (χ1v) is 12.8. The highest BCUT2D eigenvalue weighted by Crippen LogP contribution is 2.39. The third-order valence-electron chi connectivity index (χ3n) is 6.87. The number of pyridine rings is 1. The Bertz CT molecular complexity index is 1190. The largest absolute Gasteiger partial charge is 0.497 e. The fourth-order valence-electron chi connectivity index (χ4n) is 5.12. The van der Waals surface area contributed by atoms with Crippen LogP contribution in [-0.2, 0) is 19.4 Å². The third kappa shape index (κ3) is 4.74. The summed E-state index contributed by atoms with van der Waals surface area (Å²) < 4.78 is 12.0. The van der Waals surface area contributed by atoms with Gasteiger partial charge in [-0.25, -0.2) is 0 Å². The average molecular weight is 540 g/mol. The van der Waals surface area contributed by atoms with Crippen molar-refractivity contribution in [3.63, 3.8) is 0 Å². The Morgan fingerprint density at radius 3 is 2.50 bits per heavy atom. The number of piperidine rings is 1. The maximum absolute atomic E-state index is 6.38. The lowest BCUT2D eigenvalue weighted by Gasteiger charge is -2.30. The Labute approximate surface area is 214 Å². The highest BCUT2D eigenvalue weighted by atomic mass is 79.9. The lowest BCUT2D eigenvalue weighted by Crippen LogP contribution is -2.30. The summed E-state index contributed by atoms with van der Waals surface area (Å²) in [4.78, 5) is 7.41. The van der Waals surface area contributed by atoms with Gasteiger partial charge in [-0.05, 0) is 82.6 Å². The molecular formula is C28H28BrClN2O2. The van der Waals surface area contributed by atoms with E-state index in [0.29, 0.717) is 0 Å². The highest BCUT2D eigenvalue weighted by Gasteiger charge is 2.26. The molecule has 0 amide bonds. The van der Waals surface area contributed by atoms with Crippen LogP contribution in [0.2, 0.25) is 5.02 Å². The molecule has 1 fully saturated rings. The van der Waals surface area contributed by atoms with Gasteiger partial charge in [0, 0.05) is 52.5 Å². The monoisotopic (exact) mass is 538 g/mol. The van der Waals surface area contributed by atoms with Gasteiger partial charge in [-0.15, -0.1) is 0 Å². The van der Waals surface area contributed by atoms with E-state index in [1.807, 2.05) is 24.4 Å². The molecule has 5 rings (SSSR count). The van der Waals surface area contributed by atoms with Crippen LogP contribution in [0, 0.1) is 0 Å². The van der Waals surface area contributed by atoms with Gasteiger partial charge in [0.05, 0.1) is 19.9 Å². The fourth-order valence-corrected chi connectivity index (χ4v) is 5.69. The zero-order chi connectivity index (χ0) is 23.7. The van der Waals surface area contributed by atoms with E-state index < -0.39 is 0 Å². The van der Waals surface area contributed by atoms with Gasteiger partial charge >= 0.3 is 0 Å². The molecule has 2 aromatic carbocycles. The molecule has 34 heavy (non-hydrogen) atoms. The summed E-state index contributed by atoms with van der Waals surface area (Å²) in [6.45, 7) is 2.87. The molecule has 0 N–H and O–H groups in total. The number of aryl methyl sites for hydroxylation is 2. The summed E-state index contributed by atoms with van der Waals surface area (Å²) in [6.07, 6.45) is 5.90. The van der Waals surface area contributed by atoms with E-state index in [0.717, 1.165) is 72.0 Å². The maximum Gasteiger partial charge on any atom is 0.127 e. The molecule has 1 aliphatic carbocycles. The first-order chi connectivity index (χ1) is 16.6. The van der Waals surface area contributed by atoms with Crippen LogP contribution in [0.4, 0.5) is 0 Å². The quantitative estimate of drug-likeness (QED) is 0.369. The summed E-state index contributed by atoms with van der Waals surface area (Å²) in [5.74, 6) is 1.69. The molecule has 176 valence electrons. The number of hydrogen-bond acceptors (Lipinski definition) is 4. The van der Waals surface area contributed by atoms with Crippen molar-refractivity contribution < 1.29 is 9.47 Å². The van der Waals surface area contributed by atoms with Crippen LogP contribution in [0.5, 0.6) is 11.5 Å². The van der Waals surface area contributed by atoms with Crippen molar-refractivity contribution in [2.24, 2.45) is 0 Å². The van der Waals surface area contributed by atoms with Gasteiger partial charge in [0.25, 0.3) is 0 Å². The predicted octanol–water partition coefficient (Wildman–Crippen LogP) is 6.71. The van der Waals surface area contributed by atoms with E-state index in [4.69, 9.17) is 26.1 Å². The van der Waals surface area contributed by atoms with Gasteiger partial charge in [0.15, 0.2) is 0 Å². The normalized spacial score (nSPS) is 16.0. The van der Waals surface area contributed by atoms with Crippen molar-refractivity contribution in [3.05, 3.63) is 91.7 Å². The second-order valence-corrected chi connectivity index (χ2v) is 10.2. The number of aromatic nitrogens is 1. The summed E-state index contributed by atoms with van der Waals surface area (Å²) in [5.41, 5.74) is 9.02. The van der Waals surface area contributed by atoms with E-state index in [1.165, 1.54) is 33.4 Å². The molecule has 2 aliphatic rings. The lowest BCUT2D eigenvalue weighted by atomic mass is 9.88. The maximum atomic E-state index is 6.38. The van der Waals surface area contributed by atoms with E-state index in [1.54, 1.807) is 14.2 Å². The SMILES string of the molecule is COc1ccc(CN2CCC(=C3c4ccc(Cl)cc4CCc4cc(Br)cnc43)CC2)c(OC)c1. The number of nitrogens with zero attached hydrogens (tertiary/aromatic N) is 2. The van der Waals surface area contributed by atoms with Gasteiger partial charge < -0.3 is 9.47 Å². The molecule has 1 aliphatic heterocycles. The van der Waals surface area contributed by atoms with Gasteiger partial charge in [0.1, 0.15) is 11.5 Å². The molecule has 6 heteroatoms. The molecular weight excluding hydrogens is 512 g/mol. The van der Waals surface area contributed by atoms with Crippen molar-refractivity contribution in [1.29, 1.82) is 0 Å². The molecule has 0 saturated carbocycles.